The fraction of sp³-hybridized carbons (Fsp3) is 0.250. The van der Waals surface area contributed by atoms with Gasteiger partial charge < -0.3 is 9.47 Å². The molecule has 0 bridgehead atoms. The normalized spacial score (nSPS) is 10.5. The van der Waals surface area contributed by atoms with E-state index in [1.54, 1.807) is 49.4 Å². The summed E-state index contributed by atoms with van der Waals surface area (Å²) in [6.45, 7) is 2.41. The largest absolute Gasteiger partial charge is 0.493 e. The highest BCUT2D eigenvalue weighted by molar-refractivity contribution is 6.11. The van der Waals surface area contributed by atoms with Crippen molar-refractivity contribution in [1.29, 1.82) is 0 Å². The van der Waals surface area contributed by atoms with Crippen molar-refractivity contribution in [3.63, 3.8) is 0 Å². The first kappa shape index (κ1) is 19.2. The molecule has 0 fully saturated rings. The number of nitrogens with zero attached hydrogens (tertiary/aromatic N) is 4. The second-order valence-electron chi connectivity index (χ2n) is 5.89. The molecule has 0 aliphatic carbocycles. The number of aromatic nitrogens is 4. The Kier molecular flexibility index (Phi) is 6.46. The van der Waals surface area contributed by atoms with Crippen LogP contribution < -0.4 is 4.74 Å². The molecule has 3 aromatic rings. The van der Waals surface area contributed by atoms with E-state index in [4.69, 9.17) is 9.47 Å². The van der Waals surface area contributed by atoms with Crippen molar-refractivity contribution in [2.45, 2.75) is 19.8 Å². The van der Waals surface area contributed by atoms with E-state index in [2.05, 4.69) is 15.5 Å². The molecule has 0 radical (unpaired) electrons. The predicted octanol–water partition coefficient (Wildman–Crippen LogP) is 2.62. The van der Waals surface area contributed by atoms with Gasteiger partial charge in [-0.05, 0) is 42.0 Å². The second kappa shape index (κ2) is 9.40. The fourth-order valence-electron chi connectivity index (χ4n) is 2.62. The van der Waals surface area contributed by atoms with Crippen LogP contribution in [0, 0.1) is 0 Å². The molecule has 0 amide bonds. The Labute approximate surface area is 162 Å². The molecule has 8 nitrogen and oxygen atoms in total. The first-order valence-corrected chi connectivity index (χ1v) is 8.94. The highest BCUT2D eigenvalue weighted by atomic mass is 16.5. The van der Waals surface area contributed by atoms with E-state index in [1.807, 2.05) is 6.07 Å². The van der Waals surface area contributed by atoms with Gasteiger partial charge in [-0.3, -0.25) is 9.59 Å². The molecule has 0 saturated heterocycles. The van der Waals surface area contributed by atoms with Crippen molar-refractivity contribution in [2.75, 3.05) is 13.2 Å². The zero-order valence-electron chi connectivity index (χ0n) is 15.4. The van der Waals surface area contributed by atoms with Gasteiger partial charge in [0.1, 0.15) is 12.1 Å². The van der Waals surface area contributed by atoms with Gasteiger partial charge in [-0.15, -0.1) is 5.10 Å². The third kappa shape index (κ3) is 4.79. The lowest BCUT2D eigenvalue weighted by Crippen LogP contribution is -2.10. The van der Waals surface area contributed by atoms with Crippen molar-refractivity contribution in [2.24, 2.45) is 0 Å². The summed E-state index contributed by atoms with van der Waals surface area (Å²) in [6, 6.07) is 14.1. The summed E-state index contributed by atoms with van der Waals surface area (Å²) in [7, 11) is 0. The Morgan fingerprint density at radius 2 is 1.93 bits per heavy atom. The summed E-state index contributed by atoms with van der Waals surface area (Å²) in [6.07, 6.45) is 2.21. The molecular formula is C20H20N4O4. The van der Waals surface area contributed by atoms with E-state index < -0.39 is 0 Å². The van der Waals surface area contributed by atoms with Gasteiger partial charge in [0.25, 0.3) is 0 Å². The molecule has 1 aromatic heterocycles. The molecule has 0 spiro atoms. The van der Waals surface area contributed by atoms with E-state index in [-0.39, 0.29) is 24.8 Å². The molecule has 0 saturated carbocycles. The molecule has 0 aliphatic heterocycles. The fourth-order valence-corrected chi connectivity index (χ4v) is 2.62. The highest BCUT2D eigenvalue weighted by Gasteiger charge is 2.17. The number of carbonyl (C=O) groups excluding carboxylic acids is 2. The summed E-state index contributed by atoms with van der Waals surface area (Å²) in [4.78, 5) is 24.4. The topological polar surface area (TPSA) is 96.2 Å². The Balaban J connectivity index is 1.80. The molecule has 0 unspecified atom stereocenters. The summed E-state index contributed by atoms with van der Waals surface area (Å²) >= 11 is 0. The minimum atomic E-state index is -0.263. The van der Waals surface area contributed by atoms with Crippen LogP contribution in [0.4, 0.5) is 0 Å². The van der Waals surface area contributed by atoms with Gasteiger partial charge >= 0.3 is 5.97 Å². The van der Waals surface area contributed by atoms with Gasteiger partial charge in [-0.25, -0.2) is 4.68 Å². The highest BCUT2D eigenvalue weighted by Crippen LogP contribution is 2.25. The van der Waals surface area contributed by atoms with Gasteiger partial charge in [0, 0.05) is 12.0 Å². The van der Waals surface area contributed by atoms with Crippen LogP contribution in [0.5, 0.6) is 5.75 Å². The van der Waals surface area contributed by atoms with E-state index in [0.29, 0.717) is 35.6 Å². The number of benzene rings is 2. The first-order chi connectivity index (χ1) is 13.7. The van der Waals surface area contributed by atoms with Gasteiger partial charge in [0.15, 0.2) is 5.78 Å². The minimum absolute atomic E-state index is 0.170. The average molecular weight is 380 g/mol. The smallest absolute Gasteiger partial charge is 0.305 e. The van der Waals surface area contributed by atoms with Crippen molar-refractivity contribution >= 4 is 11.8 Å². The van der Waals surface area contributed by atoms with Crippen LogP contribution in [-0.2, 0) is 9.53 Å². The number of tetrazole rings is 1. The number of hydrogen-bond acceptors (Lipinski definition) is 7. The van der Waals surface area contributed by atoms with E-state index >= 15 is 0 Å². The first-order valence-electron chi connectivity index (χ1n) is 8.94. The lowest BCUT2D eigenvalue weighted by Gasteiger charge is -2.12. The van der Waals surface area contributed by atoms with Gasteiger partial charge in [-0.1, -0.05) is 30.3 Å². The lowest BCUT2D eigenvalue weighted by molar-refractivity contribution is -0.143. The number of rotatable bonds is 9. The molecule has 0 atom stereocenters. The van der Waals surface area contributed by atoms with Crippen molar-refractivity contribution in [3.05, 3.63) is 66.0 Å². The number of carbonyl (C=O) groups is 2. The zero-order chi connectivity index (χ0) is 19.8. The number of esters is 1. The molecule has 8 heteroatoms. The maximum atomic E-state index is 13.0. The third-order valence-corrected chi connectivity index (χ3v) is 3.95. The third-order valence-electron chi connectivity index (χ3n) is 3.95. The summed E-state index contributed by atoms with van der Waals surface area (Å²) < 4.78 is 12.2. The lowest BCUT2D eigenvalue weighted by atomic mass is 10.0. The van der Waals surface area contributed by atoms with Gasteiger partial charge in [0.05, 0.1) is 24.5 Å². The molecular weight excluding hydrogens is 360 g/mol. The van der Waals surface area contributed by atoms with Crippen LogP contribution in [0.15, 0.2) is 54.9 Å². The molecule has 2 aromatic carbocycles. The Morgan fingerprint density at radius 3 is 2.64 bits per heavy atom. The van der Waals surface area contributed by atoms with Crippen molar-refractivity contribution in [1.82, 2.24) is 20.2 Å². The molecule has 1 heterocycles. The van der Waals surface area contributed by atoms with Crippen molar-refractivity contribution in [3.8, 4) is 11.4 Å². The molecule has 3 rings (SSSR count). The van der Waals surface area contributed by atoms with Crippen LogP contribution in [0.2, 0.25) is 0 Å². The molecule has 0 N–H and O–H groups in total. The van der Waals surface area contributed by atoms with Crippen LogP contribution in [0.25, 0.3) is 5.69 Å². The van der Waals surface area contributed by atoms with Crippen LogP contribution in [-0.4, -0.2) is 45.2 Å². The second-order valence-corrected chi connectivity index (χ2v) is 5.89. The average Bonchev–Trinajstić information content (AvgIpc) is 3.26. The maximum absolute atomic E-state index is 13.0. The number of ether oxygens (including phenoxy) is 2. The minimum Gasteiger partial charge on any atom is -0.493 e. The SMILES string of the molecule is CCOC(=O)CCCOc1ccc(-n2cnnn2)cc1C(=O)c1ccccc1. The van der Waals surface area contributed by atoms with Crippen molar-refractivity contribution < 1.29 is 19.1 Å². The maximum Gasteiger partial charge on any atom is 0.305 e. The Bertz CT molecular complexity index is 927. The van der Waals surface area contributed by atoms with Gasteiger partial charge in [-0.2, -0.15) is 0 Å². The summed E-state index contributed by atoms with van der Waals surface area (Å²) in [5.41, 5.74) is 1.59. The number of hydrogen-bond donors (Lipinski definition) is 0. The van der Waals surface area contributed by atoms with Crippen LogP contribution in [0.3, 0.4) is 0 Å². The number of ketones is 1. The zero-order valence-corrected chi connectivity index (χ0v) is 15.4. The standard InChI is InChI=1S/C20H20N4O4/c1-2-27-19(25)9-6-12-28-18-11-10-16(24-14-21-22-23-24)13-17(18)20(26)15-7-4-3-5-8-15/h3-5,7-8,10-11,13-14H,2,6,9,12H2,1H3. The molecule has 28 heavy (non-hydrogen) atoms. The Hall–Kier alpha value is -3.55. The van der Waals surface area contributed by atoms with Gasteiger partial charge in [0.2, 0.25) is 0 Å². The van der Waals surface area contributed by atoms with Crippen LogP contribution >= 0.6 is 0 Å². The van der Waals surface area contributed by atoms with E-state index in [9.17, 15) is 9.59 Å². The van der Waals surface area contributed by atoms with E-state index in [0.717, 1.165) is 0 Å². The molecule has 0 aliphatic rings. The monoisotopic (exact) mass is 380 g/mol. The Morgan fingerprint density at radius 1 is 1.11 bits per heavy atom. The van der Waals surface area contributed by atoms with Crippen LogP contribution in [0.1, 0.15) is 35.7 Å². The quantitative estimate of drug-likeness (QED) is 0.320. The van der Waals surface area contributed by atoms with E-state index in [1.165, 1.54) is 11.0 Å². The predicted molar refractivity (Wildman–Crippen MR) is 100 cm³/mol. The summed E-state index contributed by atoms with van der Waals surface area (Å²) in [5, 5.41) is 11.1. The summed E-state index contributed by atoms with van der Waals surface area (Å²) in [5.74, 6) is 0.00571. The molecule has 144 valence electrons.